The normalized spacial score (nSPS) is 13.0. The SMILES string of the molecule is CC(=Cc1ccc(F)cc1)C(=O)OC(C)c1nnc(C)o1. The molecule has 0 N–H and O–H groups in total. The Morgan fingerprint density at radius 2 is 2.00 bits per heavy atom. The molecule has 1 aromatic heterocycles. The van der Waals surface area contributed by atoms with Gasteiger partial charge in [0.25, 0.3) is 5.89 Å². The van der Waals surface area contributed by atoms with Gasteiger partial charge in [0.2, 0.25) is 5.89 Å². The first-order valence-corrected chi connectivity index (χ1v) is 6.40. The van der Waals surface area contributed by atoms with Gasteiger partial charge >= 0.3 is 5.97 Å². The topological polar surface area (TPSA) is 65.2 Å². The van der Waals surface area contributed by atoms with E-state index in [0.717, 1.165) is 0 Å². The highest BCUT2D eigenvalue weighted by Crippen LogP contribution is 2.17. The molecule has 0 saturated carbocycles. The number of carbonyl (C=O) groups excluding carboxylic acids is 1. The number of aromatic nitrogens is 2. The summed E-state index contributed by atoms with van der Waals surface area (Å²) in [5.74, 6) is -0.169. The molecule has 0 aliphatic rings. The smallest absolute Gasteiger partial charge is 0.334 e. The number of esters is 1. The van der Waals surface area contributed by atoms with Crippen molar-refractivity contribution in [1.82, 2.24) is 10.2 Å². The van der Waals surface area contributed by atoms with Gasteiger partial charge in [0.1, 0.15) is 5.82 Å². The van der Waals surface area contributed by atoms with Crippen molar-refractivity contribution in [2.75, 3.05) is 0 Å². The molecule has 2 rings (SSSR count). The zero-order chi connectivity index (χ0) is 15.4. The molecule has 1 atom stereocenters. The lowest BCUT2D eigenvalue weighted by molar-refractivity contribution is -0.144. The Morgan fingerprint density at radius 1 is 1.33 bits per heavy atom. The first-order valence-electron chi connectivity index (χ1n) is 6.40. The number of benzene rings is 1. The van der Waals surface area contributed by atoms with Crippen LogP contribution in [0.3, 0.4) is 0 Å². The summed E-state index contributed by atoms with van der Waals surface area (Å²) in [4.78, 5) is 12.0. The van der Waals surface area contributed by atoms with E-state index in [0.29, 0.717) is 17.0 Å². The predicted octanol–water partition coefficient (Wildman–Crippen LogP) is 3.22. The fraction of sp³-hybridized carbons (Fsp3) is 0.267. The summed E-state index contributed by atoms with van der Waals surface area (Å²) in [7, 11) is 0. The highest BCUT2D eigenvalue weighted by atomic mass is 19.1. The molecule has 1 heterocycles. The molecular weight excluding hydrogens is 275 g/mol. The van der Waals surface area contributed by atoms with Crippen LogP contribution in [0.2, 0.25) is 0 Å². The Morgan fingerprint density at radius 3 is 2.57 bits per heavy atom. The molecular formula is C15H15FN2O3. The second-order valence-electron chi connectivity index (χ2n) is 4.59. The summed E-state index contributed by atoms with van der Waals surface area (Å²) in [6, 6.07) is 5.82. The minimum Gasteiger partial charge on any atom is -0.449 e. The van der Waals surface area contributed by atoms with E-state index < -0.39 is 12.1 Å². The van der Waals surface area contributed by atoms with Crippen LogP contribution in [0.1, 0.15) is 37.3 Å². The van der Waals surface area contributed by atoms with Crippen molar-refractivity contribution >= 4 is 12.0 Å². The maximum absolute atomic E-state index is 12.8. The fourth-order valence-corrected chi connectivity index (χ4v) is 1.65. The highest BCUT2D eigenvalue weighted by Gasteiger charge is 2.18. The van der Waals surface area contributed by atoms with Gasteiger partial charge in [0.05, 0.1) is 0 Å². The number of hydrogen-bond acceptors (Lipinski definition) is 5. The van der Waals surface area contributed by atoms with E-state index in [1.165, 1.54) is 12.1 Å². The molecule has 1 aromatic carbocycles. The van der Waals surface area contributed by atoms with E-state index in [-0.39, 0.29) is 11.7 Å². The van der Waals surface area contributed by atoms with Gasteiger partial charge in [0.15, 0.2) is 6.10 Å². The number of rotatable bonds is 4. The molecule has 0 amide bonds. The van der Waals surface area contributed by atoms with Crippen LogP contribution in [0, 0.1) is 12.7 Å². The quantitative estimate of drug-likeness (QED) is 0.639. The summed E-state index contributed by atoms with van der Waals surface area (Å²) in [6.45, 7) is 4.93. The average molecular weight is 290 g/mol. The summed E-state index contributed by atoms with van der Waals surface area (Å²) in [5.41, 5.74) is 1.11. The second-order valence-corrected chi connectivity index (χ2v) is 4.59. The maximum atomic E-state index is 12.8. The second kappa shape index (κ2) is 6.30. The van der Waals surface area contributed by atoms with Gasteiger partial charge in [-0.1, -0.05) is 12.1 Å². The van der Waals surface area contributed by atoms with Gasteiger partial charge in [-0.2, -0.15) is 0 Å². The summed E-state index contributed by atoms with van der Waals surface area (Å²) in [5, 5.41) is 7.47. The van der Waals surface area contributed by atoms with Crippen LogP contribution in [0.4, 0.5) is 4.39 Å². The molecule has 5 nitrogen and oxygen atoms in total. The molecule has 6 heteroatoms. The van der Waals surface area contributed by atoms with E-state index in [4.69, 9.17) is 9.15 Å². The van der Waals surface area contributed by atoms with E-state index in [1.807, 2.05) is 0 Å². The predicted molar refractivity (Wildman–Crippen MR) is 73.6 cm³/mol. The molecule has 110 valence electrons. The standard InChI is InChI=1S/C15H15FN2O3/c1-9(8-12-4-6-13(16)7-5-12)15(19)20-10(2)14-18-17-11(3)21-14/h4-8,10H,1-3H3. The van der Waals surface area contributed by atoms with Crippen LogP contribution >= 0.6 is 0 Å². The van der Waals surface area contributed by atoms with Gasteiger partial charge < -0.3 is 9.15 Å². The third kappa shape index (κ3) is 3.98. The molecule has 0 radical (unpaired) electrons. The first kappa shape index (κ1) is 14.9. The van der Waals surface area contributed by atoms with Crippen molar-refractivity contribution in [2.45, 2.75) is 26.9 Å². The minimum atomic E-state index is -0.629. The third-order valence-corrected chi connectivity index (χ3v) is 2.75. The molecule has 0 fully saturated rings. The molecule has 0 spiro atoms. The lowest BCUT2D eigenvalue weighted by Gasteiger charge is -2.09. The van der Waals surface area contributed by atoms with Gasteiger partial charge in [0, 0.05) is 12.5 Å². The zero-order valence-corrected chi connectivity index (χ0v) is 12.0. The number of hydrogen-bond donors (Lipinski definition) is 0. The highest BCUT2D eigenvalue weighted by molar-refractivity contribution is 5.93. The van der Waals surface area contributed by atoms with Gasteiger partial charge in [-0.15, -0.1) is 10.2 Å². The van der Waals surface area contributed by atoms with Gasteiger partial charge in [-0.3, -0.25) is 0 Å². The van der Waals surface area contributed by atoms with Crippen LogP contribution in [0.15, 0.2) is 34.3 Å². The minimum absolute atomic E-state index is 0.246. The number of halogens is 1. The molecule has 1 unspecified atom stereocenters. The molecule has 0 bridgehead atoms. The largest absolute Gasteiger partial charge is 0.449 e. The average Bonchev–Trinajstić information content (AvgIpc) is 2.88. The van der Waals surface area contributed by atoms with Crippen molar-refractivity contribution in [3.05, 3.63) is 53.0 Å². The summed E-state index contributed by atoms with van der Waals surface area (Å²) in [6.07, 6.45) is 0.989. The Balaban J connectivity index is 2.03. The van der Waals surface area contributed by atoms with Crippen LogP contribution in [-0.2, 0) is 9.53 Å². The van der Waals surface area contributed by atoms with Crippen LogP contribution < -0.4 is 0 Å². The molecule has 0 aliphatic carbocycles. The maximum Gasteiger partial charge on any atom is 0.334 e. The van der Waals surface area contributed by atoms with Crippen molar-refractivity contribution < 1.29 is 18.3 Å². The van der Waals surface area contributed by atoms with E-state index in [2.05, 4.69) is 10.2 Å². The Bertz CT molecular complexity index is 662. The number of aryl methyl sites for hydroxylation is 1. The Hall–Kier alpha value is -2.50. The number of carbonyl (C=O) groups is 1. The summed E-state index contributed by atoms with van der Waals surface area (Å²) >= 11 is 0. The third-order valence-electron chi connectivity index (χ3n) is 2.75. The first-order chi connectivity index (χ1) is 9.95. The van der Waals surface area contributed by atoms with Crippen molar-refractivity contribution in [2.24, 2.45) is 0 Å². The summed E-state index contributed by atoms with van der Waals surface area (Å²) < 4.78 is 23.2. The lowest BCUT2D eigenvalue weighted by Crippen LogP contribution is -2.10. The Labute approximate surface area is 121 Å². The molecule has 0 saturated heterocycles. The van der Waals surface area contributed by atoms with E-state index in [1.54, 1.807) is 39.0 Å². The van der Waals surface area contributed by atoms with Crippen LogP contribution in [0.5, 0.6) is 0 Å². The lowest BCUT2D eigenvalue weighted by atomic mass is 10.1. The van der Waals surface area contributed by atoms with Crippen molar-refractivity contribution in [3.8, 4) is 0 Å². The number of ether oxygens (including phenoxy) is 1. The van der Waals surface area contributed by atoms with Crippen LogP contribution in [-0.4, -0.2) is 16.2 Å². The van der Waals surface area contributed by atoms with Gasteiger partial charge in [-0.05, 0) is 37.6 Å². The monoisotopic (exact) mass is 290 g/mol. The van der Waals surface area contributed by atoms with Crippen molar-refractivity contribution in [3.63, 3.8) is 0 Å². The van der Waals surface area contributed by atoms with E-state index in [9.17, 15) is 9.18 Å². The molecule has 2 aromatic rings. The van der Waals surface area contributed by atoms with Gasteiger partial charge in [-0.25, -0.2) is 9.18 Å². The molecule has 0 aliphatic heterocycles. The number of nitrogens with zero attached hydrogens (tertiary/aromatic N) is 2. The van der Waals surface area contributed by atoms with Crippen LogP contribution in [0.25, 0.3) is 6.08 Å². The zero-order valence-electron chi connectivity index (χ0n) is 12.0. The van der Waals surface area contributed by atoms with E-state index >= 15 is 0 Å². The Kier molecular flexibility index (Phi) is 4.47. The molecule has 21 heavy (non-hydrogen) atoms. The fourth-order valence-electron chi connectivity index (χ4n) is 1.65. The van der Waals surface area contributed by atoms with Crippen molar-refractivity contribution in [1.29, 1.82) is 0 Å².